The maximum Gasteiger partial charge on any atom is 0.325 e. The Hall–Kier alpha value is -3.01. The molecule has 1 aliphatic heterocycles. The van der Waals surface area contributed by atoms with Crippen LogP contribution in [0.15, 0.2) is 12.1 Å². The third kappa shape index (κ3) is 5.99. The van der Waals surface area contributed by atoms with Crippen molar-refractivity contribution < 1.29 is 38.1 Å². The number of nitrogens with one attached hydrogen (secondary N) is 1. The lowest BCUT2D eigenvalue weighted by Gasteiger charge is -2.35. The van der Waals surface area contributed by atoms with Gasteiger partial charge in [-0.1, -0.05) is 0 Å². The first-order chi connectivity index (χ1) is 14.3. The van der Waals surface area contributed by atoms with E-state index in [4.69, 9.17) is 23.7 Å². The minimum Gasteiger partial charge on any atom is -0.493 e. The van der Waals surface area contributed by atoms with Crippen LogP contribution in [0.25, 0.3) is 0 Å². The largest absolute Gasteiger partial charge is 0.493 e. The number of esters is 1. The van der Waals surface area contributed by atoms with E-state index in [1.54, 1.807) is 4.90 Å². The Bertz CT molecular complexity index is 747. The second-order valence-electron chi connectivity index (χ2n) is 6.81. The number of nitrogens with zero attached hydrogens (tertiary/aromatic N) is 1. The van der Waals surface area contributed by atoms with Crippen LogP contribution in [0.4, 0.5) is 0 Å². The van der Waals surface area contributed by atoms with E-state index in [2.05, 4.69) is 5.32 Å². The molecule has 0 aromatic heterocycles. The summed E-state index contributed by atoms with van der Waals surface area (Å²) in [5, 5.41) is 2.45. The van der Waals surface area contributed by atoms with E-state index in [1.807, 2.05) is 13.8 Å². The molecule has 0 radical (unpaired) electrons. The van der Waals surface area contributed by atoms with Gasteiger partial charge in [0.25, 0.3) is 11.8 Å². The van der Waals surface area contributed by atoms with Crippen molar-refractivity contribution >= 4 is 17.8 Å². The van der Waals surface area contributed by atoms with E-state index in [0.29, 0.717) is 30.3 Å². The van der Waals surface area contributed by atoms with Crippen LogP contribution in [0.5, 0.6) is 17.2 Å². The van der Waals surface area contributed by atoms with Crippen LogP contribution < -0.4 is 19.5 Å². The van der Waals surface area contributed by atoms with E-state index in [0.717, 1.165) is 0 Å². The molecule has 166 valence electrons. The summed E-state index contributed by atoms with van der Waals surface area (Å²) in [4.78, 5) is 38.1. The number of benzene rings is 1. The molecule has 0 spiro atoms. The highest BCUT2D eigenvalue weighted by Crippen LogP contribution is 2.38. The van der Waals surface area contributed by atoms with Crippen LogP contribution in [0.2, 0.25) is 0 Å². The van der Waals surface area contributed by atoms with Crippen LogP contribution in [0.1, 0.15) is 24.2 Å². The van der Waals surface area contributed by atoms with Gasteiger partial charge >= 0.3 is 5.97 Å². The van der Waals surface area contributed by atoms with Gasteiger partial charge in [0.15, 0.2) is 18.1 Å². The Morgan fingerprint density at radius 3 is 2.10 bits per heavy atom. The summed E-state index contributed by atoms with van der Waals surface area (Å²) in [5.74, 6) is -0.595. The van der Waals surface area contributed by atoms with E-state index in [9.17, 15) is 14.4 Å². The average molecular weight is 424 g/mol. The van der Waals surface area contributed by atoms with E-state index >= 15 is 0 Å². The van der Waals surface area contributed by atoms with Gasteiger partial charge in [-0.2, -0.15) is 0 Å². The molecule has 1 fully saturated rings. The van der Waals surface area contributed by atoms with Gasteiger partial charge in [-0.3, -0.25) is 14.4 Å². The van der Waals surface area contributed by atoms with Gasteiger partial charge in [0.05, 0.1) is 33.5 Å². The van der Waals surface area contributed by atoms with Crippen molar-refractivity contribution in [3.05, 3.63) is 17.7 Å². The lowest BCUT2D eigenvalue weighted by molar-refractivity contribution is -0.156. The molecule has 10 heteroatoms. The van der Waals surface area contributed by atoms with Gasteiger partial charge in [0, 0.05) is 18.7 Å². The number of rotatable bonds is 8. The smallest absolute Gasteiger partial charge is 0.325 e. The topological polar surface area (TPSA) is 113 Å². The molecule has 1 aromatic carbocycles. The molecule has 1 N–H and O–H groups in total. The molecule has 1 aromatic rings. The minimum atomic E-state index is -0.724. The zero-order valence-corrected chi connectivity index (χ0v) is 17.9. The van der Waals surface area contributed by atoms with Crippen molar-refractivity contribution in [2.45, 2.75) is 26.1 Å². The van der Waals surface area contributed by atoms with E-state index in [-0.39, 0.29) is 23.7 Å². The lowest BCUT2D eigenvalue weighted by Crippen LogP contribution is -2.49. The van der Waals surface area contributed by atoms with Crippen LogP contribution in [0.3, 0.4) is 0 Å². The third-order valence-electron chi connectivity index (χ3n) is 4.45. The number of hydrogen-bond acceptors (Lipinski definition) is 8. The fourth-order valence-electron chi connectivity index (χ4n) is 3.13. The molecular formula is C20H28N2O8. The Kier molecular flexibility index (Phi) is 8.28. The Labute approximate surface area is 175 Å². The molecule has 2 amide bonds. The predicted molar refractivity (Wildman–Crippen MR) is 106 cm³/mol. The summed E-state index contributed by atoms with van der Waals surface area (Å²) >= 11 is 0. The van der Waals surface area contributed by atoms with Gasteiger partial charge in [0.1, 0.15) is 6.54 Å². The van der Waals surface area contributed by atoms with Crippen molar-refractivity contribution in [3.8, 4) is 17.2 Å². The maximum atomic E-state index is 12.4. The van der Waals surface area contributed by atoms with Crippen LogP contribution in [-0.2, 0) is 19.1 Å². The summed E-state index contributed by atoms with van der Waals surface area (Å²) < 4.78 is 26.2. The number of methoxy groups -OCH3 is 3. The molecule has 0 unspecified atom stereocenters. The molecule has 2 rings (SSSR count). The summed E-state index contributed by atoms with van der Waals surface area (Å²) in [6.45, 7) is 3.86. The van der Waals surface area contributed by atoms with Crippen molar-refractivity contribution in [3.63, 3.8) is 0 Å². The fraction of sp³-hybridized carbons (Fsp3) is 0.550. The second kappa shape index (κ2) is 10.7. The monoisotopic (exact) mass is 424 g/mol. The highest BCUT2D eigenvalue weighted by atomic mass is 16.5. The zero-order chi connectivity index (χ0) is 22.3. The normalized spacial score (nSPS) is 18.4. The predicted octanol–water partition coefficient (Wildman–Crippen LogP) is 0.621. The van der Waals surface area contributed by atoms with Gasteiger partial charge in [0.2, 0.25) is 5.75 Å². The lowest BCUT2D eigenvalue weighted by atomic mass is 10.1. The number of ether oxygens (including phenoxy) is 5. The number of carbonyl (C=O) groups excluding carboxylic acids is 3. The SMILES string of the molecule is COc1cc(C(=O)NCC(=O)OCC(=O)N2C[C@@H](C)O[C@@H](C)C2)cc(OC)c1OC. The number of amides is 2. The Morgan fingerprint density at radius 1 is 1.03 bits per heavy atom. The highest BCUT2D eigenvalue weighted by Gasteiger charge is 2.26. The van der Waals surface area contributed by atoms with Crippen LogP contribution in [0, 0.1) is 0 Å². The molecule has 2 atom stereocenters. The Balaban J connectivity index is 1.87. The molecular weight excluding hydrogens is 396 g/mol. The standard InChI is InChI=1S/C20H28N2O8/c1-12-9-22(10-13(2)30-12)17(23)11-29-18(24)8-21-20(25)14-6-15(26-3)19(28-5)16(7-14)27-4/h6-7,12-13H,8-11H2,1-5H3,(H,21,25)/t12-,13+. The van der Waals surface area contributed by atoms with Crippen LogP contribution in [-0.4, -0.2) is 82.5 Å². The second-order valence-corrected chi connectivity index (χ2v) is 6.81. The van der Waals surface area contributed by atoms with Crippen molar-refractivity contribution in [2.75, 3.05) is 47.6 Å². The van der Waals surface area contributed by atoms with E-state index < -0.39 is 25.0 Å². The van der Waals surface area contributed by atoms with Gasteiger partial charge in [-0.15, -0.1) is 0 Å². The van der Waals surface area contributed by atoms with Crippen LogP contribution >= 0.6 is 0 Å². The summed E-state index contributed by atoms with van der Waals surface area (Å²) in [5.41, 5.74) is 0.213. The molecule has 0 aliphatic carbocycles. The fourth-order valence-corrected chi connectivity index (χ4v) is 3.13. The molecule has 10 nitrogen and oxygen atoms in total. The van der Waals surface area contributed by atoms with Gasteiger partial charge < -0.3 is 33.9 Å². The first-order valence-corrected chi connectivity index (χ1v) is 9.46. The highest BCUT2D eigenvalue weighted by molar-refractivity contribution is 5.97. The minimum absolute atomic E-state index is 0.0776. The first-order valence-electron chi connectivity index (χ1n) is 9.46. The Morgan fingerprint density at radius 2 is 1.60 bits per heavy atom. The molecule has 30 heavy (non-hydrogen) atoms. The summed E-state index contributed by atoms with van der Waals surface area (Å²) in [7, 11) is 4.32. The summed E-state index contributed by atoms with van der Waals surface area (Å²) in [6, 6.07) is 2.93. The molecule has 0 bridgehead atoms. The summed E-state index contributed by atoms with van der Waals surface area (Å²) in [6.07, 6.45) is -0.155. The number of morpholine rings is 1. The molecule has 0 saturated carbocycles. The number of hydrogen-bond donors (Lipinski definition) is 1. The maximum absolute atomic E-state index is 12.4. The van der Waals surface area contributed by atoms with Crippen molar-refractivity contribution in [1.29, 1.82) is 0 Å². The number of carbonyl (C=O) groups is 3. The molecule has 1 saturated heterocycles. The average Bonchev–Trinajstić information content (AvgIpc) is 2.73. The molecule has 1 aliphatic rings. The first kappa shape index (κ1) is 23.3. The molecule has 1 heterocycles. The van der Waals surface area contributed by atoms with Gasteiger partial charge in [-0.05, 0) is 26.0 Å². The van der Waals surface area contributed by atoms with E-state index in [1.165, 1.54) is 33.5 Å². The van der Waals surface area contributed by atoms with Crippen molar-refractivity contribution in [2.24, 2.45) is 0 Å². The van der Waals surface area contributed by atoms with Crippen molar-refractivity contribution in [1.82, 2.24) is 10.2 Å². The quantitative estimate of drug-likeness (QED) is 0.605. The van der Waals surface area contributed by atoms with Gasteiger partial charge in [-0.25, -0.2) is 0 Å². The zero-order valence-electron chi connectivity index (χ0n) is 17.9. The third-order valence-corrected chi connectivity index (χ3v) is 4.45.